The molecule has 4 aromatic rings. The van der Waals surface area contributed by atoms with Gasteiger partial charge in [0.15, 0.2) is 5.69 Å². The van der Waals surface area contributed by atoms with E-state index in [1.54, 1.807) is 53.0 Å². The van der Waals surface area contributed by atoms with E-state index < -0.39 is 10.8 Å². The van der Waals surface area contributed by atoms with Crippen LogP contribution in [0.15, 0.2) is 59.2 Å². The van der Waals surface area contributed by atoms with Gasteiger partial charge in [0, 0.05) is 18.3 Å². The third-order valence-corrected chi connectivity index (χ3v) is 6.25. The fourth-order valence-corrected chi connectivity index (χ4v) is 3.59. The second-order valence-electron chi connectivity index (χ2n) is 7.57. The van der Waals surface area contributed by atoms with E-state index in [9.17, 15) is 14.9 Å². The van der Waals surface area contributed by atoms with Crippen LogP contribution in [0.3, 0.4) is 0 Å². The zero-order chi connectivity index (χ0) is 25.1. The van der Waals surface area contributed by atoms with Crippen molar-refractivity contribution in [1.82, 2.24) is 19.6 Å². The van der Waals surface area contributed by atoms with Crippen molar-refractivity contribution in [3.05, 3.63) is 86.4 Å². The summed E-state index contributed by atoms with van der Waals surface area (Å²) in [4.78, 5) is 23.6. The molecular formula is C23H21BrN6O5. The molecule has 35 heavy (non-hydrogen) atoms. The summed E-state index contributed by atoms with van der Waals surface area (Å²) in [5.41, 5.74) is 1.90. The van der Waals surface area contributed by atoms with E-state index in [0.717, 1.165) is 15.9 Å². The fourth-order valence-electron chi connectivity index (χ4n) is 3.31. The van der Waals surface area contributed by atoms with Gasteiger partial charge in [-0.3, -0.25) is 19.6 Å². The Kier molecular flexibility index (Phi) is 6.82. The van der Waals surface area contributed by atoms with Crippen molar-refractivity contribution in [3.8, 4) is 17.2 Å². The number of ether oxygens (including phenoxy) is 2. The molecule has 2 aromatic heterocycles. The molecule has 0 saturated carbocycles. The van der Waals surface area contributed by atoms with E-state index in [1.807, 2.05) is 13.8 Å². The number of hydrogen-bond acceptors (Lipinski definition) is 7. The number of halogens is 1. The highest BCUT2D eigenvalue weighted by Gasteiger charge is 2.16. The highest BCUT2D eigenvalue weighted by atomic mass is 79.9. The van der Waals surface area contributed by atoms with E-state index in [2.05, 4.69) is 31.4 Å². The Balaban J connectivity index is 1.51. The first-order chi connectivity index (χ1) is 16.7. The molecule has 0 atom stereocenters. The molecule has 2 heterocycles. The number of non-ortho nitro benzene ring substituents is 1. The summed E-state index contributed by atoms with van der Waals surface area (Å²) in [5.74, 6) is 0.780. The lowest BCUT2D eigenvalue weighted by Crippen LogP contribution is -2.16. The van der Waals surface area contributed by atoms with Gasteiger partial charge < -0.3 is 14.8 Å². The predicted octanol–water partition coefficient (Wildman–Crippen LogP) is 4.93. The van der Waals surface area contributed by atoms with Crippen molar-refractivity contribution in [2.75, 3.05) is 12.4 Å². The van der Waals surface area contributed by atoms with Crippen LogP contribution in [-0.2, 0) is 6.67 Å². The zero-order valence-corrected chi connectivity index (χ0v) is 20.6. The molecule has 2 aromatic carbocycles. The number of carbonyl (C=O) groups excluding carboxylic acids is 1. The standard InChI is InChI=1S/C23H21BrN6O5/c1-14-22(24)15(2)29(26-14)13-28-9-8-21(27-28)23(31)25-16-10-17(30(32)33)12-20(11-16)35-19-6-4-18(34-3)5-7-19/h4-12H,13H2,1-3H3,(H,25,31). The lowest BCUT2D eigenvalue weighted by Gasteiger charge is -2.09. The molecule has 12 heteroatoms. The fraction of sp³-hybridized carbons (Fsp3) is 0.174. The lowest BCUT2D eigenvalue weighted by molar-refractivity contribution is -0.384. The largest absolute Gasteiger partial charge is 0.497 e. The number of amides is 1. The average Bonchev–Trinajstić information content (AvgIpc) is 3.40. The molecule has 180 valence electrons. The van der Waals surface area contributed by atoms with Crippen LogP contribution in [0.5, 0.6) is 17.2 Å². The molecule has 0 radical (unpaired) electrons. The van der Waals surface area contributed by atoms with Crippen molar-refractivity contribution in [1.29, 1.82) is 0 Å². The summed E-state index contributed by atoms with van der Waals surface area (Å²) in [6.07, 6.45) is 1.66. The maximum absolute atomic E-state index is 12.8. The summed E-state index contributed by atoms with van der Waals surface area (Å²) in [7, 11) is 1.55. The van der Waals surface area contributed by atoms with Gasteiger partial charge in [-0.1, -0.05) is 0 Å². The van der Waals surface area contributed by atoms with Gasteiger partial charge in [0.25, 0.3) is 11.6 Å². The Morgan fingerprint density at radius 3 is 2.43 bits per heavy atom. The average molecular weight is 541 g/mol. The summed E-state index contributed by atoms with van der Waals surface area (Å²) in [5, 5.41) is 22.8. The summed E-state index contributed by atoms with van der Waals surface area (Å²) >= 11 is 3.49. The Labute approximate surface area is 208 Å². The molecule has 1 N–H and O–H groups in total. The van der Waals surface area contributed by atoms with Crippen LogP contribution in [0.2, 0.25) is 0 Å². The number of methoxy groups -OCH3 is 1. The third kappa shape index (κ3) is 5.49. The third-order valence-electron chi connectivity index (χ3n) is 5.10. The summed E-state index contributed by atoms with van der Waals surface area (Å²) in [6.45, 7) is 4.14. The number of carbonyl (C=O) groups is 1. The number of nitro groups is 1. The number of nitro benzene ring substituents is 1. The van der Waals surface area contributed by atoms with E-state index in [-0.39, 0.29) is 22.8 Å². The number of anilines is 1. The van der Waals surface area contributed by atoms with Crippen molar-refractivity contribution in [3.63, 3.8) is 0 Å². The van der Waals surface area contributed by atoms with Gasteiger partial charge >= 0.3 is 0 Å². The normalized spacial score (nSPS) is 10.7. The number of hydrogen-bond donors (Lipinski definition) is 1. The van der Waals surface area contributed by atoms with Gasteiger partial charge in [0.05, 0.1) is 39.6 Å². The topological polar surface area (TPSA) is 126 Å². The molecule has 0 aliphatic rings. The molecule has 11 nitrogen and oxygen atoms in total. The van der Waals surface area contributed by atoms with E-state index in [1.165, 1.54) is 18.2 Å². The Morgan fingerprint density at radius 2 is 1.80 bits per heavy atom. The molecule has 0 fully saturated rings. The van der Waals surface area contributed by atoms with Crippen molar-refractivity contribution < 1.29 is 19.2 Å². The number of nitrogens with one attached hydrogen (secondary N) is 1. The first kappa shape index (κ1) is 24.0. The van der Waals surface area contributed by atoms with Crippen LogP contribution in [0.1, 0.15) is 21.9 Å². The van der Waals surface area contributed by atoms with Gasteiger partial charge in [-0.05, 0) is 60.1 Å². The molecule has 0 aliphatic heterocycles. The smallest absolute Gasteiger partial charge is 0.276 e. The number of aromatic nitrogens is 4. The Bertz CT molecular complexity index is 1400. The number of rotatable bonds is 8. The quantitative estimate of drug-likeness (QED) is 0.248. The number of nitrogens with zero attached hydrogens (tertiary/aromatic N) is 5. The van der Waals surface area contributed by atoms with Gasteiger partial charge in [-0.25, -0.2) is 4.68 Å². The minimum atomic E-state index is -0.558. The van der Waals surface area contributed by atoms with Crippen LogP contribution in [0.4, 0.5) is 11.4 Å². The first-order valence-electron chi connectivity index (χ1n) is 10.4. The van der Waals surface area contributed by atoms with Crippen molar-refractivity contribution >= 4 is 33.2 Å². The highest BCUT2D eigenvalue weighted by Crippen LogP contribution is 2.30. The molecule has 0 unspecified atom stereocenters. The minimum Gasteiger partial charge on any atom is -0.497 e. The maximum atomic E-state index is 12.8. The van der Waals surface area contributed by atoms with E-state index >= 15 is 0 Å². The molecule has 0 saturated heterocycles. The maximum Gasteiger partial charge on any atom is 0.276 e. The molecule has 0 bridgehead atoms. The second-order valence-corrected chi connectivity index (χ2v) is 8.36. The van der Waals surface area contributed by atoms with Gasteiger partial charge in [0.1, 0.15) is 23.9 Å². The Hall–Kier alpha value is -4.19. The molecule has 0 spiro atoms. The second kappa shape index (κ2) is 9.97. The van der Waals surface area contributed by atoms with Crippen LogP contribution >= 0.6 is 15.9 Å². The van der Waals surface area contributed by atoms with Gasteiger partial charge in [-0.2, -0.15) is 10.2 Å². The number of aryl methyl sites for hydroxylation is 1. The summed E-state index contributed by atoms with van der Waals surface area (Å²) < 4.78 is 15.1. The summed E-state index contributed by atoms with van der Waals surface area (Å²) in [6, 6.07) is 12.3. The van der Waals surface area contributed by atoms with Crippen molar-refractivity contribution in [2.24, 2.45) is 0 Å². The Morgan fingerprint density at radius 1 is 1.09 bits per heavy atom. The van der Waals surface area contributed by atoms with Crippen LogP contribution in [0, 0.1) is 24.0 Å². The number of benzene rings is 2. The molecule has 1 amide bonds. The minimum absolute atomic E-state index is 0.148. The zero-order valence-electron chi connectivity index (χ0n) is 19.1. The van der Waals surface area contributed by atoms with Gasteiger partial charge in [-0.15, -0.1) is 0 Å². The monoisotopic (exact) mass is 540 g/mol. The molecule has 0 aliphatic carbocycles. The van der Waals surface area contributed by atoms with E-state index in [4.69, 9.17) is 9.47 Å². The molecule has 4 rings (SSSR count). The van der Waals surface area contributed by atoms with Crippen LogP contribution in [0.25, 0.3) is 0 Å². The SMILES string of the molecule is COc1ccc(Oc2cc(NC(=O)c3ccn(Cn4nc(C)c(Br)c4C)n3)cc([N+](=O)[O-])c2)cc1. The van der Waals surface area contributed by atoms with Crippen LogP contribution < -0.4 is 14.8 Å². The lowest BCUT2D eigenvalue weighted by atomic mass is 10.2. The first-order valence-corrected chi connectivity index (χ1v) is 11.2. The predicted molar refractivity (Wildman–Crippen MR) is 131 cm³/mol. The highest BCUT2D eigenvalue weighted by molar-refractivity contribution is 9.10. The van der Waals surface area contributed by atoms with Gasteiger partial charge in [0.2, 0.25) is 0 Å². The van der Waals surface area contributed by atoms with Crippen molar-refractivity contribution in [2.45, 2.75) is 20.5 Å². The van der Waals surface area contributed by atoms with Crippen LogP contribution in [-0.4, -0.2) is 37.5 Å². The van der Waals surface area contributed by atoms with E-state index in [0.29, 0.717) is 18.2 Å². The molecular weight excluding hydrogens is 520 g/mol.